The Kier molecular flexibility index (Phi) is 4.92. The minimum Gasteiger partial charge on any atom is -0.463 e. The van der Waals surface area contributed by atoms with E-state index in [-0.39, 0.29) is 6.04 Å². The van der Waals surface area contributed by atoms with E-state index in [1.807, 2.05) is 54.9 Å². The van der Waals surface area contributed by atoms with Gasteiger partial charge in [-0.15, -0.1) is 11.3 Å². The smallest absolute Gasteiger partial charge is 0.152 e. The molecule has 6 aromatic rings. The summed E-state index contributed by atoms with van der Waals surface area (Å²) in [6.45, 7) is 0. The van der Waals surface area contributed by atoms with Gasteiger partial charge in [-0.2, -0.15) is 0 Å². The molecule has 1 atom stereocenters. The van der Waals surface area contributed by atoms with Crippen LogP contribution in [-0.2, 0) is 0 Å². The summed E-state index contributed by atoms with van der Waals surface area (Å²) in [7, 11) is 0. The normalized spacial score (nSPS) is 16.1. The van der Waals surface area contributed by atoms with E-state index < -0.39 is 0 Å². The highest BCUT2D eigenvalue weighted by Crippen LogP contribution is 2.46. The number of nitrogens with one attached hydrogen (secondary N) is 2. The van der Waals surface area contributed by atoms with Crippen LogP contribution in [-0.4, -0.2) is 20.7 Å². The Morgan fingerprint density at radius 2 is 1.83 bits per heavy atom. The van der Waals surface area contributed by atoms with E-state index in [1.54, 1.807) is 17.6 Å². The molecule has 0 bridgehead atoms. The summed E-state index contributed by atoms with van der Waals surface area (Å²) in [5.74, 6) is 0.743. The molecule has 1 aromatic carbocycles. The first-order valence-electron chi connectivity index (χ1n) is 11.7. The SMILES string of the molecule is c1ccc(C2C(c3ccc[nH]3)=NC(c3cc4ccccc4[nH]3)=C(c3ccco3)N2c2cccs2)nc1. The molecule has 5 aromatic heterocycles. The van der Waals surface area contributed by atoms with E-state index in [4.69, 9.17) is 14.4 Å². The highest BCUT2D eigenvalue weighted by molar-refractivity contribution is 7.14. The Hall–Kier alpha value is -4.62. The standard InChI is InChI=1S/C29H21N5OS/c1-2-9-20-19(8-1)18-23(32-20)27-29(24-12-6-16-35-24)34(25-13-7-17-36-25)28(22-10-3-4-14-31-22)26(33-27)21-11-5-15-30-21/h1-18,28,30,32H. The number of furan rings is 1. The maximum atomic E-state index is 6.03. The van der Waals surface area contributed by atoms with Crippen molar-refractivity contribution in [2.24, 2.45) is 4.99 Å². The van der Waals surface area contributed by atoms with Gasteiger partial charge >= 0.3 is 0 Å². The van der Waals surface area contributed by atoms with Crippen LogP contribution in [0.4, 0.5) is 5.00 Å². The van der Waals surface area contributed by atoms with Crippen LogP contribution in [0.1, 0.15) is 28.9 Å². The molecule has 174 valence electrons. The molecule has 6 heterocycles. The molecule has 0 fully saturated rings. The van der Waals surface area contributed by atoms with Crippen molar-refractivity contribution in [1.29, 1.82) is 0 Å². The fourth-order valence-electron chi connectivity index (χ4n) is 4.79. The Morgan fingerprint density at radius 3 is 2.58 bits per heavy atom. The number of aliphatic imine (C=N–C) groups is 1. The second kappa shape index (κ2) is 8.55. The Labute approximate surface area is 211 Å². The Bertz CT molecular complexity index is 1640. The van der Waals surface area contributed by atoms with Gasteiger partial charge in [0.25, 0.3) is 0 Å². The number of rotatable bonds is 5. The molecular formula is C29H21N5OS. The Morgan fingerprint density at radius 1 is 0.889 bits per heavy atom. The summed E-state index contributed by atoms with van der Waals surface area (Å²) in [4.78, 5) is 19.4. The second-order valence-corrected chi connectivity index (χ2v) is 9.43. The van der Waals surface area contributed by atoms with E-state index in [2.05, 4.69) is 62.7 Å². The maximum Gasteiger partial charge on any atom is 0.152 e. The van der Waals surface area contributed by atoms with Crippen molar-refractivity contribution in [3.63, 3.8) is 0 Å². The van der Waals surface area contributed by atoms with Gasteiger partial charge in [-0.3, -0.25) is 4.98 Å². The van der Waals surface area contributed by atoms with Gasteiger partial charge in [-0.1, -0.05) is 24.3 Å². The monoisotopic (exact) mass is 487 g/mol. The van der Waals surface area contributed by atoms with Crippen LogP contribution in [0.15, 0.2) is 118 Å². The van der Waals surface area contributed by atoms with Crippen LogP contribution in [0.25, 0.3) is 22.3 Å². The van der Waals surface area contributed by atoms with Gasteiger partial charge in [0.05, 0.1) is 34.1 Å². The van der Waals surface area contributed by atoms with E-state index in [1.165, 1.54) is 0 Å². The number of benzene rings is 1. The summed E-state index contributed by atoms with van der Waals surface area (Å²) in [5.41, 5.74) is 6.42. The van der Waals surface area contributed by atoms with Crippen molar-refractivity contribution in [2.45, 2.75) is 6.04 Å². The lowest BCUT2D eigenvalue weighted by Crippen LogP contribution is -2.37. The molecule has 7 heteroatoms. The number of aromatic nitrogens is 3. The Balaban J connectivity index is 1.57. The fraction of sp³-hybridized carbons (Fsp3) is 0.0345. The van der Waals surface area contributed by atoms with Gasteiger partial charge in [0.2, 0.25) is 0 Å². The van der Waals surface area contributed by atoms with Crippen molar-refractivity contribution in [3.05, 3.63) is 132 Å². The molecule has 1 aliphatic heterocycles. The average molecular weight is 488 g/mol. The zero-order chi connectivity index (χ0) is 23.9. The van der Waals surface area contributed by atoms with Gasteiger partial charge in [-0.05, 0) is 66.0 Å². The lowest BCUT2D eigenvalue weighted by molar-refractivity contribution is 0.549. The van der Waals surface area contributed by atoms with Crippen molar-refractivity contribution in [1.82, 2.24) is 15.0 Å². The summed E-state index contributed by atoms with van der Waals surface area (Å²) in [6.07, 6.45) is 5.46. The lowest BCUT2D eigenvalue weighted by atomic mass is 9.97. The zero-order valence-electron chi connectivity index (χ0n) is 19.1. The van der Waals surface area contributed by atoms with Crippen molar-refractivity contribution < 1.29 is 4.42 Å². The van der Waals surface area contributed by atoms with Crippen LogP contribution in [0.2, 0.25) is 0 Å². The van der Waals surface area contributed by atoms with Gasteiger partial charge in [0.15, 0.2) is 5.76 Å². The first-order valence-corrected chi connectivity index (χ1v) is 12.6. The summed E-state index contributed by atoms with van der Waals surface area (Å²) < 4.78 is 6.03. The summed E-state index contributed by atoms with van der Waals surface area (Å²) in [5, 5.41) is 4.29. The number of pyridine rings is 1. The molecule has 1 aliphatic rings. The third-order valence-electron chi connectivity index (χ3n) is 6.34. The minimum atomic E-state index is -0.267. The van der Waals surface area contributed by atoms with E-state index >= 15 is 0 Å². The van der Waals surface area contributed by atoms with E-state index in [0.29, 0.717) is 0 Å². The van der Waals surface area contributed by atoms with E-state index in [9.17, 15) is 0 Å². The van der Waals surface area contributed by atoms with Gasteiger partial charge < -0.3 is 19.3 Å². The van der Waals surface area contributed by atoms with Crippen LogP contribution < -0.4 is 4.90 Å². The molecule has 2 N–H and O–H groups in total. The molecule has 0 radical (unpaired) electrons. The predicted molar refractivity (Wildman–Crippen MR) is 145 cm³/mol. The number of nitrogens with zero attached hydrogens (tertiary/aromatic N) is 3. The van der Waals surface area contributed by atoms with Gasteiger partial charge in [0.1, 0.15) is 17.4 Å². The highest BCUT2D eigenvalue weighted by Gasteiger charge is 2.39. The molecule has 0 aliphatic carbocycles. The molecule has 0 saturated carbocycles. The fourth-order valence-corrected chi connectivity index (χ4v) is 5.55. The second-order valence-electron chi connectivity index (χ2n) is 8.50. The number of aromatic amines is 2. The third-order valence-corrected chi connectivity index (χ3v) is 7.21. The molecule has 0 spiro atoms. The molecule has 7 rings (SSSR count). The van der Waals surface area contributed by atoms with Gasteiger partial charge in [0, 0.05) is 23.3 Å². The zero-order valence-corrected chi connectivity index (χ0v) is 19.9. The van der Waals surface area contributed by atoms with Crippen LogP contribution >= 0.6 is 11.3 Å². The molecule has 6 nitrogen and oxygen atoms in total. The summed E-state index contributed by atoms with van der Waals surface area (Å²) >= 11 is 1.68. The third kappa shape index (κ3) is 3.40. The van der Waals surface area contributed by atoms with Crippen LogP contribution in [0, 0.1) is 0 Å². The minimum absolute atomic E-state index is 0.267. The average Bonchev–Trinajstić information content (AvgIpc) is 3.75. The topological polar surface area (TPSA) is 73.2 Å². The largest absolute Gasteiger partial charge is 0.463 e. The molecule has 0 saturated heterocycles. The lowest BCUT2D eigenvalue weighted by Gasteiger charge is -2.37. The van der Waals surface area contributed by atoms with Crippen LogP contribution in [0.3, 0.4) is 0 Å². The van der Waals surface area contributed by atoms with Crippen molar-refractivity contribution in [3.8, 4) is 0 Å². The number of thiophene rings is 1. The molecule has 0 amide bonds. The number of anilines is 1. The maximum absolute atomic E-state index is 6.03. The number of hydrogen-bond acceptors (Lipinski definition) is 5. The van der Waals surface area contributed by atoms with Crippen molar-refractivity contribution in [2.75, 3.05) is 4.90 Å². The number of fused-ring (bicyclic) bond motifs is 1. The quantitative estimate of drug-likeness (QED) is 0.272. The number of para-hydroxylation sites is 1. The molecular weight excluding hydrogens is 466 g/mol. The first kappa shape index (κ1) is 20.7. The van der Waals surface area contributed by atoms with Crippen molar-refractivity contribution >= 4 is 44.3 Å². The first-order chi connectivity index (χ1) is 17.9. The molecule has 1 unspecified atom stereocenters. The molecule has 36 heavy (non-hydrogen) atoms. The number of H-pyrrole nitrogens is 2. The number of hydrogen-bond donors (Lipinski definition) is 2. The predicted octanol–water partition coefficient (Wildman–Crippen LogP) is 7.12. The van der Waals surface area contributed by atoms with Crippen LogP contribution in [0.5, 0.6) is 0 Å². The highest BCUT2D eigenvalue weighted by atomic mass is 32.1. The van der Waals surface area contributed by atoms with E-state index in [0.717, 1.165) is 55.9 Å². The van der Waals surface area contributed by atoms with Gasteiger partial charge in [-0.25, -0.2) is 4.99 Å². The summed E-state index contributed by atoms with van der Waals surface area (Å²) in [6, 6.07) is 28.3.